The van der Waals surface area contributed by atoms with Crippen molar-refractivity contribution in [3.63, 3.8) is 0 Å². The van der Waals surface area contributed by atoms with Gasteiger partial charge in [-0.3, -0.25) is 14.6 Å². The van der Waals surface area contributed by atoms with Crippen LogP contribution in [0.25, 0.3) is 10.9 Å². The third-order valence-corrected chi connectivity index (χ3v) is 7.92. The molecule has 1 aliphatic carbocycles. The van der Waals surface area contributed by atoms with Crippen LogP contribution in [0.15, 0.2) is 79.1 Å². The molecule has 2 amide bonds. The average Bonchev–Trinajstić information content (AvgIpc) is 3.49. The normalized spacial score (nSPS) is 20.2. The fraction of sp³-hybridized carbons (Fsp3) is 0.300. The number of aromatic amines is 1. The van der Waals surface area contributed by atoms with Crippen molar-refractivity contribution < 1.29 is 14.3 Å². The molecule has 2 aromatic heterocycles. The van der Waals surface area contributed by atoms with Gasteiger partial charge in [-0.05, 0) is 59.7 Å². The molecule has 188 valence electrons. The molecule has 0 unspecified atom stereocenters. The van der Waals surface area contributed by atoms with Crippen molar-refractivity contribution in [1.29, 1.82) is 0 Å². The third kappa shape index (κ3) is 4.19. The Kier molecular flexibility index (Phi) is 6.00. The number of piperidine rings is 1. The van der Waals surface area contributed by atoms with Crippen LogP contribution in [0, 0.1) is 0 Å². The number of likely N-dealkylation sites (tertiary alicyclic amines) is 1. The van der Waals surface area contributed by atoms with E-state index in [9.17, 15) is 9.59 Å². The fourth-order valence-corrected chi connectivity index (χ4v) is 6.17. The molecular weight excluding hydrogens is 464 g/mol. The van der Waals surface area contributed by atoms with Crippen molar-refractivity contribution in [3.05, 3.63) is 102 Å². The number of benzene rings is 2. The highest BCUT2D eigenvalue weighted by Gasteiger charge is 2.54. The van der Waals surface area contributed by atoms with Crippen molar-refractivity contribution in [2.45, 2.75) is 43.9 Å². The molecule has 7 nitrogen and oxygen atoms in total. The largest absolute Gasteiger partial charge is 0.368 e. The van der Waals surface area contributed by atoms with E-state index in [1.807, 2.05) is 59.6 Å². The highest BCUT2D eigenvalue weighted by atomic mass is 16.5. The second-order valence-electron chi connectivity index (χ2n) is 10.0. The highest BCUT2D eigenvalue weighted by Crippen LogP contribution is 2.52. The lowest BCUT2D eigenvalue weighted by Crippen LogP contribution is -2.51. The summed E-state index contributed by atoms with van der Waals surface area (Å²) >= 11 is 0. The van der Waals surface area contributed by atoms with E-state index in [1.54, 1.807) is 13.1 Å². The van der Waals surface area contributed by atoms with Gasteiger partial charge in [0.25, 0.3) is 5.91 Å². The molecule has 1 aliphatic heterocycles. The lowest BCUT2D eigenvalue weighted by atomic mass is 9.71. The van der Waals surface area contributed by atoms with Gasteiger partial charge in [0.1, 0.15) is 0 Å². The summed E-state index contributed by atoms with van der Waals surface area (Å²) in [6.45, 7) is 3.14. The predicted octanol–water partition coefficient (Wildman–Crippen LogP) is 4.51. The van der Waals surface area contributed by atoms with Gasteiger partial charge in [-0.1, -0.05) is 36.4 Å². The van der Waals surface area contributed by atoms with Gasteiger partial charge in [0, 0.05) is 48.9 Å². The molecule has 2 N–H and O–H groups in total. The molecule has 2 atom stereocenters. The molecule has 37 heavy (non-hydrogen) atoms. The molecular formula is C30H30N4O3. The number of fused-ring (bicyclic) bond motifs is 3. The van der Waals surface area contributed by atoms with Gasteiger partial charge in [-0.25, -0.2) is 0 Å². The summed E-state index contributed by atoms with van der Waals surface area (Å²) in [6.07, 6.45) is 4.89. The van der Waals surface area contributed by atoms with Gasteiger partial charge in [-0.15, -0.1) is 0 Å². The van der Waals surface area contributed by atoms with E-state index >= 15 is 0 Å². The molecule has 1 saturated heterocycles. The maximum atomic E-state index is 13.4. The lowest BCUT2D eigenvalue weighted by Gasteiger charge is -2.44. The summed E-state index contributed by atoms with van der Waals surface area (Å²) in [5, 5.41) is 4.25. The van der Waals surface area contributed by atoms with Gasteiger partial charge < -0.3 is 19.9 Å². The Morgan fingerprint density at radius 1 is 1.08 bits per heavy atom. The van der Waals surface area contributed by atoms with Crippen LogP contribution in [0.4, 0.5) is 0 Å². The van der Waals surface area contributed by atoms with Crippen molar-refractivity contribution in [2.75, 3.05) is 13.1 Å². The Morgan fingerprint density at radius 2 is 1.89 bits per heavy atom. The molecule has 0 radical (unpaired) electrons. The van der Waals surface area contributed by atoms with Gasteiger partial charge >= 0.3 is 0 Å². The molecule has 2 aliphatic rings. The SMILES string of the molecule is CC(=O)N[C@@H]1c2ccccc2C2(CCN(C(=O)c3ccc4cc[nH]c4c3)CC2)[C@H]1OCc1ccccn1. The Bertz CT molecular complexity index is 1440. The van der Waals surface area contributed by atoms with Gasteiger partial charge in [0.2, 0.25) is 5.91 Å². The number of carbonyl (C=O) groups is 2. The standard InChI is InChI=1S/C30H30N4O3/c1-20(35)33-27-24-7-2-3-8-25(24)30(28(27)37-19-23-6-4-5-14-31-23)12-16-34(17-13-30)29(36)22-10-9-21-11-15-32-26(21)18-22/h2-11,14-15,18,27-28,32H,12-13,16-17,19H2,1H3,(H,33,35)/t27-,28+/m1/s1. The van der Waals surface area contributed by atoms with Crippen molar-refractivity contribution in [2.24, 2.45) is 0 Å². The smallest absolute Gasteiger partial charge is 0.253 e. The van der Waals surface area contributed by atoms with Crippen molar-refractivity contribution >= 4 is 22.7 Å². The molecule has 0 bridgehead atoms. The first-order chi connectivity index (χ1) is 18.0. The van der Waals surface area contributed by atoms with E-state index in [2.05, 4.69) is 33.5 Å². The summed E-state index contributed by atoms with van der Waals surface area (Å²) in [4.78, 5) is 35.2. The van der Waals surface area contributed by atoms with E-state index in [1.165, 1.54) is 5.56 Å². The first-order valence-corrected chi connectivity index (χ1v) is 12.8. The predicted molar refractivity (Wildman–Crippen MR) is 141 cm³/mol. The lowest BCUT2D eigenvalue weighted by molar-refractivity contribution is -0.122. The Morgan fingerprint density at radius 3 is 2.68 bits per heavy atom. The first kappa shape index (κ1) is 23.4. The quantitative estimate of drug-likeness (QED) is 0.427. The third-order valence-electron chi connectivity index (χ3n) is 7.92. The Labute approximate surface area is 215 Å². The molecule has 1 fully saturated rings. The van der Waals surface area contributed by atoms with Crippen LogP contribution in [0.1, 0.15) is 53.0 Å². The molecule has 4 aromatic rings. The molecule has 3 heterocycles. The van der Waals surface area contributed by atoms with E-state index in [0.717, 1.165) is 35.0 Å². The zero-order valence-electron chi connectivity index (χ0n) is 20.8. The van der Waals surface area contributed by atoms with Gasteiger partial charge in [-0.2, -0.15) is 0 Å². The van der Waals surface area contributed by atoms with E-state index in [4.69, 9.17) is 4.74 Å². The summed E-state index contributed by atoms with van der Waals surface area (Å²) < 4.78 is 6.61. The zero-order valence-corrected chi connectivity index (χ0v) is 20.8. The number of ether oxygens (including phenoxy) is 1. The number of pyridine rings is 1. The van der Waals surface area contributed by atoms with Crippen molar-refractivity contribution in [3.8, 4) is 0 Å². The maximum Gasteiger partial charge on any atom is 0.253 e. The van der Waals surface area contributed by atoms with Crippen LogP contribution in [0.5, 0.6) is 0 Å². The summed E-state index contributed by atoms with van der Waals surface area (Å²) in [7, 11) is 0. The van der Waals surface area contributed by atoms with E-state index in [0.29, 0.717) is 25.3 Å². The van der Waals surface area contributed by atoms with Gasteiger partial charge in [0.15, 0.2) is 0 Å². The van der Waals surface area contributed by atoms with Crippen LogP contribution >= 0.6 is 0 Å². The Hall–Kier alpha value is -3.97. The molecule has 1 spiro atoms. The molecule has 6 rings (SSSR count). The fourth-order valence-electron chi connectivity index (χ4n) is 6.17. The number of hydrogen-bond acceptors (Lipinski definition) is 4. The number of nitrogens with one attached hydrogen (secondary N) is 2. The van der Waals surface area contributed by atoms with Crippen molar-refractivity contribution in [1.82, 2.24) is 20.2 Å². The first-order valence-electron chi connectivity index (χ1n) is 12.8. The number of H-pyrrole nitrogens is 1. The number of carbonyl (C=O) groups excluding carboxylic acids is 2. The summed E-state index contributed by atoms with van der Waals surface area (Å²) in [6, 6.07) is 21.7. The van der Waals surface area contributed by atoms with Crippen LogP contribution in [-0.2, 0) is 21.6 Å². The minimum absolute atomic E-state index is 0.0435. The second-order valence-corrected chi connectivity index (χ2v) is 10.0. The van der Waals surface area contributed by atoms with E-state index in [-0.39, 0.29) is 29.4 Å². The maximum absolute atomic E-state index is 13.4. The number of nitrogens with zero attached hydrogens (tertiary/aromatic N) is 2. The monoisotopic (exact) mass is 494 g/mol. The van der Waals surface area contributed by atoms with Crippen LogP contribution in [-0.4, -0.2) is 45.9 Å². The second kappa shape index (κ2) is 9.48. The van der Waals surface area contributed by atoms with Gasteiger partial charge in [0.05, 0.1) is 24.4 Å². The summed E-state index contributed by atoms with van der Waals surface area (Å²) in [5.74, 6) is -0.0439. The molecule has 7 heteroatoms. The topological polar surface area (TPSA) is 87.3 Å². The number of rotatable bonds is 5. The molecule has 2 aromatic carbocycles. The highest BCUT2D eigenvalue weighted by molar-refractivity contribution is 5.98. The number of amides is 2. The number of aromatic nitrogens is 2. The zero-order chi connectivity index (χ0) is 25.4. The Balaban J connectivity index is 1.28. The summed E-state index contributed by atoms with van der Waals surface area (Å²) in [5.41, 5.74) is 4.50. The van der Waals surface area contributed by atoms with Crippen LogP contribution < -0.4 is 5.32 Å². The minimum Gasteiger partial charge on any atom is -0.368 e. The van der Waals surface area contributed by atoms with E-state index < -0.39 is 0 Å². The molecule has 0 saturated carbocycles. The number of hydrogen-bond donors (Lipinski definition) is 2. The average molecular weight is 495 g/mol. The minimum atomic E-state index is -0.307. The van der Waals surface area contributed by atoms with Crippen LogP contribution in [0.3, 0.4) is 0 Å². The van der Waals surface area contributed by atoms with Crippen LogP contribution in [0.2, 0.25) is 0 Å².